The zero-order valence-electron chi connectivity index (χ0n) is 13.8. The van der Waals surface area contributed by atoms with Crippen molar-refractivity contribution in [3.8, 4) is 5.75 Å². The van der Waals surface area contributed by atoms with Crippen LogP contribution in [0.4, 0.5) is 11.4 Å². The second-order valence-electron chi connectivity index (χ2n) is 4.91. The van der Waals surface area contributed by atoms with Gasteiger partial charge < -0.3 is 4.74 Å². The molecule has 0 atom stereocenters. The normalized spacial score (nSPS) is 11.0. The van der Waals surface area contributed by atoms with Crippen molar-refractivity contribution >= 4 is 29.6 Å². The molecule has 0 spiro atoms. The molecule has 2 rings (SSSR count). The number of carbonyl (C=O) groups is 1. The second kappa shape index (κ2) is 8.39. The van der Waals surface area contributed by atoms with E-state index in [2.05, 4.69) is 5.10 Å². The monoisotopic (exact) mass is 339 g/mol. The van der Waals surface area contributed by atoms with Gasteiger partial charge in [-0.05, 0) is 42.8 Å². The third kappa shape index (κ3) is 4.74. The van der Waals surface area contributed by atoms with Crippen LogP contribution in [0.15, 0.2) is 59.7 Å². The van der Waals surface area contributed by atoms with Gasteiger partial charge in [0.15, 0.2) is 0 Å². The lowest BCUT2D eigenvalue weighted by Crippen LogP contribution is -2.23. The Morgan fingerprint density at radius 3 is 2.56 bits per heavy atom. The number of hydrogen-bond acceptors (Lipinski definition) is 5. The van der Waals surface area contributed by atoms with E-state index < -0.39 is 4.92 Å². The maximum Gasteiger partial charge on any atom is 0.271 e. The maximum absolute atomic E-state index is 12.4. The number of methoxy groups -OCH3 is 1. The highest BCUT2D eigenvalue weighted by molar-refractivity contribution is 6.04. The Morgan fingerprint density at radius 1 is 1.24 bits per heavy atom. The molecule has 0 aromatic heterocycles. The first-order valence-electron chi connectivity index (χ1n) is 7.44. The first-order valence-corrected chi connectivity index (χ1v) is 7.44. The summed E-state index contributed by atoms with van der Waals surface area (Å²) in [6.45, 7) is 1.70. The van der Waals surface area contributed by atoms with Gasteiger partial charge in [-0.3, -0.25) is 14.9 Å². The molecule has 0 heterocycles. The molecule has 0 aliphatic rings. The fraction of sp³-hybridized carbons (Fsp3) is 0.111. The molecule has 0 N–H and O–H groups in total. The number of amides is 1. The molecule has 25 heavy (non-hydrogen) atoms. The molecule has 0 bridgehead atoms. The number of nitro benzene ring substituents is 1. The number of carbonyl (C=O) groups excluding carboxylic acids is 1. The van der Waals surface area contributed by atoms with Gasteiger partial charge in [-0.25, -0.2) is 0 Å². The Morgan fingerprint density at radius 2 is 1.96 bits per heavy atom. The van der Waals surface area contributed by atoms with Gasteiger partial charge in [-0.15, -0.1) is 0 Å². The first kappa shape index (κ1) is 17.9. The van der Waals surface area contributed by atoms with Gasteiger partial charge in [-0.1, -0.05) is 12.1 Å². The number of nitrogens with zero attached hydrogens (tertiary/aromatic N) is 3. The zero-order chi connectivity index (χ0) is 18.2. The number of anilines is 1. The molecule has 0 saturated carbocycles. The van der Waals surface area contributed by atoms with Crippen molar-refractivity contribution in [2.45, 2.75) is 6.92 Å². The zero-order valence-corrected chi connectivity index (χ0v) is 13.8. The van der Waals surface area contributed by atoms with Crippen LogP contribution in [0.5, 0.6) is 5.75 Å². The van der Waals surface area contributed by atoms with E-state index in [-0.39, 0.29) is 11.6 Å². The molecule has 0 unspecified atom stereocenters. The highest BCUT2D eigenvalue weighted by atomic mass is 16.6. The summed E-state index contributed by atoms with van der Waals surface area (Å²) in [4.78, 5) is 22.8. The van der Waals surface area contributed by atoms with E-state index >= 15 is 0 Å². The van der Waals surface area contributed by atoms with Crippen LogP contribution in [0.1, 0.15) is 12.5 Å². The van der Waals surface area contributed by atoms with Crippen molar-refractivity contribution < 1.29 is 14.5 Å². The average molecular weight is 339 g/mol. The van der Waals surface area contributed by atoms with Crippen molar-refractivity contribution in [2.75, 3.05) is 12.1 Å². The summed E-state index contributed by atoms with van der Waals surface area (Å²) >= 11 is 0. The Hall–Kier alpha value is -3.48. The molecule has 0 aliphatic heterocycles. The molecule has 1 amide bonds. The van der Waals surface area contributed by atoms with Crippen LogP contribution in [0.2, 0.25) is 0 Å². The van der Waals surface area contributed by atoms with Gasteiger partial charge in [0.05, 0.1) is 17.7 Å². The first-order chi connectivity index (χ1) is 12.0. The van der Waals surface area contributed by atoms with Crippen molar-refractivity contribution in [1.82, 2.24) is 0 Å². The van der Waals surface area contributed by atoms with Crippen molar-refractivity contribution in [3.05, 3.63) is 70.3 Å². The molecule has 0 radical (unpaired) electrons. The minimum atomic E-state index is -0.482. The summed E-state index contributed by atoms with van der Waals surface area (Å²) in [7, 11) is 1.56. The fourth-order valence-electron chi connectivity index (χ4n) is 2.07. The molecular formula is C18H17N3O4. The fourth-order valence-corrected chi connectivity index (χ4v) is 2.07. The molecule has 0 saturated heterocycles. The second-order valence-corrected chi connectivity index (χ2v) is 4.91. The van der Waals surface area contributed by atoms with Gasteiger partial charge >= 0.3 is 0 Å². The summed E-state index contributed by atoms with van der Waals surface area (Å²) in [6, 6.07) is 12.9. The van der Waals surface area contributed by atoms with Gasteiger partial charge in [0.2, 0.25) is 0 Å². The summed E-state index contributed by atoms with van der Waals surface area (Å²) in [5, 5.41) is 16.1. The number of hydrazone groups is 1. The summed E-state index contributed by atoms with van der Waals surface area (Å²) in [5.41, 5.74) is 1.10. The number of rotatable bonds is 6. The van der Waals surface area contributed by atoms with Crippen molar-refractivity contribution in [3.63, 3.8) is 0 Å². The molecule has 7 nitrogen and oxygen atoms in total. The molecule has 128 valence electrons. The van der Waals surface area contributed by atoms with Crippen LogP contribution in [0, 0.1) is 10.1 Å². The van der Waals surface area contributed by atoms with E-state index in [0.717, 1.165) is 0 Å². The van der Waals surface area contributed by atoms with E-state index in [4.69, 9.17) is 4.74 Å². The number of nitro groups is 1. The highest BCUT2D eigenvalue weighted by Crippen LogP contribution is 2.20. The van der Waals surface area contributed by atoms with Gasteiger partial charge in [-0.2, -0.15) is 10.1 Å². The average Bonchev–Trinajstić information content (AvgIpc) is 2.64. The Balaban J connectivity index is 2.22. The number of ether oxygens (including phenoxy) is 1. The van der Waals surface area contributed by atoms with Crippen molar-refractivity contribution in [2.24, 2.45) is 5.10 Å². The summed E-state index contributed by atoms with van der Waals surface area (Å²) in [5.74, 6) is 0.290. The van der Waals surface area contributed by atoms with E-state index in [1.165, 1.54) is 35.5 Å². The van der Waals surface area contributed by atoms with Crippen LogP contribution in [0.25, 0.3) is 6.08 Å². The molecular weight excluding hydrogens is 322 g/mol. The molecule has 0 fully saturated rings. The Kier molecular flexibility index (Phi) is 6.00. The predicted molar refractivity (Wildman–Crippen MR) is 96.8 cm³/mol. The van der Waals surface area contributed by atoms with E-state index in [9.17, 15) is 14.9 Å². The maximum atomic E-state index is 12.4. The van der Waals surface area contributed by atoms with E-state index in [0.29, 0.717) is 17.0 Å². The van der Waals surface area contributed by atoms with Crippen LogP contribution in [-0.2, 0) is 4.79 Å². The van der Waals surface area contributed by atoms with Crippen LogP contribution >= 0.6 is 0 Å². The molecule has 7 heteroatoms. The molecule has 2 aromatic carbocycles. The van der Waals surface area contributed by atoms with Gasteiger partial charge in [0.25, 0.3) is 11.6 Å². The van der Waals surface area contributed by atoms with Crippen molar-refractivity contribution in [1.29, 1.82) is 0 Å². The quantitative estimate of drug-likeness (QED) is 0.348. The van der Waals surface area contributed by atoms with Gasteiger partial charge in [0, 0.05) is 24.4 Å². The predicted octanol–water partition coefficient (Wildman–Crippen LogP) is 3.66. The number of non-ortho nitro benzene ring substituents is 1. The summed E-state index contributed by atoms with van der Waals surface area (Å²) < 4.78 is 5.09. The smallest absolute Gasteiger partial charge is 0.271 e. The van der Waals surface area contributed by atoms with E-state index in [1.54, 1.807) is 50.4 Å². The van der Waals surface area contributed by atoms with Crippen LogP contribution < -0.4 is 9.75 Å². The SMILES string of the molecule is CC=NN(C(=O)C=Cc1cccc([N+](=O)[O-])c1)c1ccc(OC)cc1. The topological polar surface area (TPSA) is 85.0 Å². The van der Waals surface area contributed by atoms with E-state index in [1.807, 2.05) is 0 Å². The summed E-state index contributed by atoms with van der Waals surface area (Å²) in [6.07, 6.45) is 4.33. The van der Waals surface area contributed by atoms with Crippen LogP contribution in [0.3, 0.4) is 0 Å². The third-order valence-electron chi connectivity index (χ3n) is 3.26. The largest absolute Gasteiger partial charge is 0.497 e. The number of hydrogen-bond donors (Lipinski definition) is 0. The third-order valence-corrected chi connectivity index (χ3v) is 3.26. The number of benzene rings is 2. The lowest BCUT2D eigenvalue weighted by molar-refractivity contribution is -0.384. The molecule has 0 aliphatic carbocycles. The minimum absolute atomic E-state index is 0.0341. The highest BCUT2D eigenvalue weighted by Gasteiger charge is 2.12. The van der Waals surface area contributed by atoms with Crippen LogP contribution in [-0.4, -0.2) is 24.2 Å². The Bertz CT molecular complexity index is 813. The standard InChI is InChI=1S/C18H17N3O4/c1-3-19-20(15-8-10-17(25-2)11-9-15)18(22)12-7-14-5-4-6-16(13-14)21(23)24/h3-13H,1-2H3. The lowest BCUT2D eigenvalue weighted by atomic mass is 10.2. The van der Waals surface area contributed by atoms with Gasteiger partial charge in [0.1, 0.15) is 5.75 Å². The Labute approximate surface area is 145 Å². The minimum Gasteiger partial charge on any atom is -0.497 e. The molecule has 2 aromatic rings. The lowest BCUT2D eigenvalue weighted by Gasteiger charge is -2.15.